The van der Waals surface area contributed by atoms with Crippen molar-refractivity contribution in [3.05, 3.63) is 12.7 Å². The van der Waals surface area contributed by atoms with Gasteiger partial charge in [0.05, 0.1) is 12.6 Å². The molecule has 0 spiro atoms. The lowest BCUT2D eigenvalue weighted by atomic mass is 10.2. The largest absolute Gasteiger partial charge is 0.391 e. The zero-order chi connectivity index (χ0) is 12.1. The van der Waals surface area contributed by atoms with E-state index in [1.807, 2.05) is 0 Å². The van der Waals surface area contributed by atoms with Crippen molar-refractivity contribution < 1.29 is 14.7 Å². The number of aliphatic hydroxyl groups is 1. The SMILES string of the molecule is C=CCNCC(=O)N1CC(O)CC1C(N)=O. The molecule has 90 valence electrons. The van der Waals surface area contributed by atoms with Gasteiger partial charge in [-0.3, -0.25) is 9.59 Å². The number of carbonyl (C=O) groups excluding carboxylic acids is 2. The maximum absolute atomic E-state index is 11.7. The second kappa shape index (κ2) is 5.62. The minimum Gasteiger partial charge on any atom is -0.391 e. The number of rotatable bonds is 5. The number of likely N-dealkylation sites (tertiary alicyclic amines) is 1. The molecule has 0 aromatic heterocycles. The fraction of sp³-hybridized carbons (Fsp3) is 0.600. The number of nitrogens with zero attached hydrogens (tertiary/aromatic N) is 1. The third-order valence-electron chi connectivity index (χ3n) is 2.49. The highest BCUT2D eigenvalue weighted by molar-refractivity contribution is 5.88. The lowest BCUT2D eigenvalue weighted by molar-refractivity contribution is -0.136. The second-order valence-electron chi connectivity index (χ2n) is 3.77. The summed E-state index contributed by atoms with van der Waals surface area (Å²) in [5.41, 5.74) is 5.16. The van der Waals surface area contributed by atoms with Gasteiger partial charge in [-0.25, -0.2) is 0 Å². The molecule has 6 nitrogen and oxygen atoms in total. The van der Waals surface area contributed by atoms with Crippen LogP contribution >= 0.6 is 0 Å². The summed E-state index contributed by atoms with van der Waals surface area (Å²) in [5.74, 6) is -0.809. The van der Waals surface area contributed by atoms with Crippen molar-refractivity contribution >= 4 is 11.8 Å². The Bertz CT molecular complexity index is 293. The highest BCUT2D eigenvalue weighted by Crippen LogP contribution is 2.17. The third-order valence-corrected chi connectivity index (χ3v) is 2.49. The highest BCUT2D eigenvalue weighted by atomic mass is 16.3. The van der Waals surface area contributed by atoms with E-state index in [1.54, 1.807) is 6.08 Å². The van der Waals surface area contributed by atoms with Crippen molar-refractivity contribution in [3.8, 4) is 0 Å². The number of aliphatic hydroxyl groups excluding tert-OH is 1. The van der Waals surface area contributed by atoms with Crippen molar-refractivity contribution in [3.63, 3.8) is 0 Å². The van der Waals surface area contributed by atoms with Gasteiger partial charge in [-0.1, -0.05) is 6.08 Å². The topological polar surface area (TPSA) is 95.7 Å². The fourth-order valence-electron chi connectivity index (χ4n) is 1.74. The smallest absolute Gasteiger partial charge is 0.240 e. The van der Waals surface area contributed by atoms with Crippen LogP contribution in [0.2, 0.25) is 0 Å². The Labute approximate surface area is 94.1 Å². The van der Waals surface area contributed by atoms with Gasteiger partial charge < -0.3 is 21.1 Å². The molecule has 0 saturated carbocycles. The van der Waals surface area contributed by atoms with E-state index in [9.17, 15) is 14.7 Å². The molecule has 0 aromatic carbocycles. The predicted octanol–water partition coefficient (Wildman–Crippen LogP) is -1.79. The van der Waals surface area contributed by atoms with Gasteiger partial charge in [0.15, 0.2) is 0 Å². The summed E-state index contributed by atoms with van der Waals surface area (Å²) in [6, 6.07) is -0.687. The van der Waals surface area contributed by atoms with E-state index in [0.29, 0.717) is 6.54 Å². The average Bonchev–Trinajstić information content (AvgIpc) is 2.61. The van der Waals surface area contributed by atoms with Gasteiger partial charge >= 0.3 is 0 Å². The molecule has 1 fully saturated rings. The molecule has 0 radical (unpaired) electrons. The van der Waals surface area contributed by atoms with E-state index < -0.39 is 18.1 Å². The Balaban J connectivity index is 2.53. The third kappa shape index (κ3) is 3.04. The molecule has 2 atom stereocenters. The van der Waals surface area contributed by atoms with Gasteiger partial charge in [0.2, 0.25) is 11.8 Å². The summed E-state index contributed by atoms with van der Waals surface area (Å²) in [5, 5.41) is 12.2. The molecule has 2 unspecified atom stereocenters. The lowest BCUT2D eigenvalue weighted by Gasteiger charge is -2.21. The monoisotopic (exact) mass is 227 g/mol. The van der Waals surface area contributed by atoms with Crippen LogP contribution in [0.4, 0.5) is 0 Å². The number of carbonyl (C=O) groups is 2. The molecular formula is C10H17N3O3. The molecule has 1 rings (SSSR count). The Morgan fingerprint density at radius 2 is 2.31 bits per heavy atom. The normalized spacial score (nSPS) is 24.4. The molecule has 0 aromatic rings. The van der Waals surface area contributed by atoms with Crippen molar-refractivity contribution in [1.82, 2.24) is 10.2 Å². The maximum atomic E-state index is 11.7. The number of primary amides is 1. The molecule has 4 N–H and O–H groups in total. The van der Waals surface area contributed by atoms with Crippen LogP contribution in [-0.4, -0.2) is 53.6 Å². The summed E-state index contributed by atoms with van der Waals surface area (Å²) < 4.78 is 0. The number of nitrogens with two attached hydrogens (primary N) is 1. The first-order valence-electron chi connectivity index (χ1n) is 5.14. The zero-order valence-electron chi connectivity index (χ0n) is 9.06. The Hall–Kier alpha value is -1.40. The van der Waals surface area contributed by atoms with Crippen LogP contribution in [0, 0.1) is 0 Å². The molecule has 2 amide bonds. The molecule has 16 heavy (non-hydrogen) atoms. The molecule has 0 bridgehead atoms. The summed E-state index contributed by atoms with van der Waals surface area (Å²) >= 11 is 0. The zero-order valence-corrected chi connectivity index (χ0v) is 9.06. The fourth-order valence-corrected chi connectivity index (χ4v) is 1.74. The quantitative estimate of drug-likeness (QED) is 0.382. The maximum Gasteiger partial charge on any atom is 0.240 e. The van der Waals surface area contributed by atoms with Crippen LogP contribution in [0.15, 0.2) is 12.7 Å². The number of amides is 2. The van der Waals surface area contributed by atoms with Crippen molar-refractivity contribution in [2.45, 2.75) is 18.6 Å². The first-order chi connectivity index (χ1) is 7.56. The molecule has 1 aliphatic heterocycles. The van der Waals surface area contributed by atoms with Gasteiger partial charge in [-0.2, -0.15) is 0 Å². The summed E-state index contributed by atoms with van der Waals surface area (Å²) in [6.07, 6.45) is 1.20. The minimum atomic E-state index is -0.687. The Kier molecular flexibility index (Phi) is 4.45. The van der Waals surface area contributed by atoms with E-state index in [4.69, 9.17) is 5.73 Å². The van der Waals surface area contributed by atoms with Crippen LogP contribution in [0.5, 0.6) is 0 Å². The molecule has 0 aliphatic carbocycles. The molecule has 1 saturated heterocycles. The summed E-state index contributed by atoms with van der Waals surface area (Å²) in [4.78, 5) is 24.1. The predicted molar refractivity (Wildman–Crippen MR) is 58.4 cm³/mol. The number of nitrogens with one attached hydrogen (secondary N) is 1. The van der Waals surface area contributed by atoms with Gasteiger partial charge in [-0.15, -0.1) is 6.58 Å². The first-order valence-corrected chi connectivity index (χ1v) is 5.14. The van der Waals surface area contributed by atoms with E-state index in [-0.39, 0.29) is 25.4 Å². The molecule has 1 aliphatic rings. The van der Waals surface area contributed by atoms with E-state index in [1.165, 1.54) is 4.90 Å². The average molecular weight is 227 g/mol. The van der Waals surface area contributed by atoms with E-state index in [2.05, 4.69) is 11.9 Å². The second-order valence-corrected chi connectivity index (χ2v) is 3.77. The summed E-state index contributed by atoms with van der Waals surface area (Å²) in [7, 11) is 0. The molecular weight excluding hydrogens is 210 g/mol. The van der Waals surface area contributed by atoms with Crippen molar-refractivity contribution in [1.29, 1.82) is 0 Å². The molecule has 6 heteroatoms. The Morgan fingerprint density at radius 3 is 2.88 bits per heavy atom. The summed E-state index contributed by atoms with van der Waals surface area (Å²) in [6.45, 7) is 4.31. The standard InChI is InChI=1S/C10H17N3O3/c1-2-3-12-5-9(15)13-6-7(14)4-8(13)10(11)16/h2,7-8,12,14H,1,3-6H2,(H2,11,16). The van der Waals surface area contributed by atoms with Gasteiger partial charge in [-0.05, 0) is 0 Å². The number of hydrogen-bond acceptors (Lipinski definition) is 4. The van der Waals surface area contributed by atoms with Crippen LogP contribution in [0.3, 0.4) is 0 Å². The van der Waals surface area contributed by atoms with E-state index >= 15 is 0 Å². The number of hydrogen-bond donors (Lipinski definition) is 3. The van der Waals surface area contributed by atoms with Crippen LogP contribution in [0.1, 0.15) is 6.42 Å². The highest BCUT2D eigenvalue weighted by Gasteiger charge is 2.37. The van der Waals surface area contributed by atoms with Gasteiger partial charge in [0, 0.05) is 19.5 Å². The minimum absolute atomic E-state index is 0.114. The van der Waals surface area contributed by atoms with Gasteiger partial charge in [0.25, 0.3) is 0 Å². The Morgan fingerprint density at radius 1 is 1.62 bits per heavy atom. The first kappa shape index (κ1) is 12.7. The number of β-amino-alcohol motifs (C(OH)–C–C–N with tert-alkyl or cyclic N) is 1. The van der Waals surface area contributed by atoms with Crippen molar-refractivity contribution in [2.24, 2.45) is 5.73 Å². The van der Waals surface area contributed by atoms with Gasteiger partial charge in [0.1, 0.15) is 6.04 Å². The van der Waals surface area contributed by atoms with Crippen LogP contribution < -0.4 is 11.1 Å². The van der Waals surface area contributed by atoms with E-state index in [0.717, 1.165) is 0 Å². The van der Waals surface area contributed by atoms with Crippen LogP contribution in [-0.2, 0) is 9.59 Å². The molecule has 1 heterocycles. The van der Waals surface area contributed by atoms with Crippen LogP contribution in [0.25, 0.3) is 0 Å². The van der Waals surface area contributed by atoms with Crippen molar-refractivity contribution in [2.75, 3.05) is 19.6 Å². The lowest BCUT2D eigenvalue weighted by Crippen LogP contribution is -2.46.